The largest absolute Gasteiger partial charge is 0.496 e. The maximum absolute atomic E-state index is 11.0. The first-order chi connectivity index (χ1) is 16.4. The van der Waals surface area contributed by atoms with Gasteiger partial charge >= 0.3 is 5.69 Å². The summed E-state index contributed by atoms with van der Waals surface area (Å²) in [5.41, 5.74) is 0.0520. The molecule has 0 saturated heterocycles. The fraction of sp³-hybridized carbons (Fsp3) is 0.375. The number of rotatable bonds is 5. The average molecular weight is 455 g/mol. The van der Waals surface area contributed by atoms with Crippen LogP contribution < -0.4 is 4.74 Å². The van der Waals surface area contributed by atoms with E-state index in [1.165, 1.54) is 18.0 Å². The van der Waals surface area contributed by atoms with E-state index < -0.39 is 22.2 Å². The third-order valence-corrected chi connectivity index (χ3v) is 6.75. The summed E-state index contributed by atoms with van der Waals surface area (Å²) < 4.78 is 6.90. The molecule has 1 heterocycles. The van der Waals surface area contributed by atoms with Crippen molar-refractivity contribution in [1.82, 2.24) is 9.78 Å². The molecule has 0 bridgehead atoms. The lowest BCUT2D eigenvalue weighted by Gasteiger charge is -2.45. The summed E-state index contributed by atoms with van der Waals surface area (Å²) >= 11 is 0. The zero-order chi connectivity index (χ0) is 24.5. The third kappa shape index (κ3) is 3.48. The van der Waals surface area contributed by atoms with E-state index in [1.54, 1.807) is 12.1 Å². The number of hydrogen-bond acceptors (Lipinski definition) is 8. The fourth-order valence-corrected chi connectivity index (χ4v) is 5.21. The van der Waals surface area contributed by atoms with E-state index in [0.717, 1.165) is 24.6 Å². The second kappa shape index (κ2) is 8.80. The lowest BCUT2D eigenvalue weighted by atomic mass is 9.53. The molecule has 0 aliphatic heterocycles. The molecule has 2 aliphatic carbocycles. The molecule has 34 heavy (non-hydrogen) atoms. The monoisotopic (exact) mass is 455 g/mol. The Hall–Kier alpha value is -4.49. The number of allylic oxidation sites excluding steroid dienone is 2. The number of benzene rings is 1. The Morgan fingerprint density at radius 2 is 2.12 bits per heavy atom. The van der Waals surface area contributed by atoms with Crippen molar-refractivity contribution >= 4 is 11.4 Å². The van der Waals surface area contributed by atoms with Gasteiger partial charge in [0.2, 0.25) is 0 Å². The summed E-state index contributed by atoms with van der Waals surface area (Å²) in [4.78, 5) is 10.5. The maximum Gasteiger partial charge on any atom is 0.307 e. The second-order valence-corrected chi connectivity index (χ2v) is 8.45. The van der Waals surface area contributed by atoms with E-state index >= 15 is 0 Å². The highest BCUT2D eigenvalue weighted by atomic mass is 16.6. The van der Waals surface area contributed by atoms with Crippen LogP contribution >= 0.6 is 0 Å². The lowest BCUT2D eigenvalue weighted by molar-refractivity contribution is -0.385. The van der Waals surface area contributed by atoms with Crippen molar-refractivity contribution in [1.29, 1.82) is 21.2 Å². The van der Waals surface area contributed by atoms with Gasteiger partial charge in [0.05, 0.1) is 42.5 Å². The molecule has 0 unspecified atom stereocenters. The normalized spacial score (nSPS) is 22.9. The Kier molecular flexibility index (Phi) is 5.88. The van der Waals surface area contributed by atoms with Gasteiger partial charge in [-0.2, -0.15) is 20.9 Å². The number of nitrogens with one attached hydrogen (secondary N) is 1. The molecule has 10 heteroatoms. The number of methoxy groups -OCH3 is 1. The number of nitrogens with zero attached hydrogens (tertiary/aromatic N) is 6. The Balaban J connectivity index is 1.84. The Labute approximate surface area is 195 Å². The molecule has 2 aliphatic rings. The van der Waals surface area contributed by atoms with Gasteiger partial charge in [0.25, 0.3) is 0 Å². The smallest absolute Gasteiger partial charge is 0.307 e. The summed E-state index contributed by atoms with van der Waals surface area (Å²) in [6, 6.07) is 11.6. The van der Waals surface area contributed by atoms with Crippen LogP contribution in [-0.2, 0) is 6.54 Å². The van der Waals surface area contributed by atoms with Gasteiger partial charge in [-0.25, -0.2) is 0 Å². The molecule has 1 aromatic heterocycles. The number of fused-ring (bicyclic) bond motifs is 1. The van der Waals surface area contributed by atoms with Gasteiger partial charge in [0.15, 0.2) is 5.41 Å². The minimum Gasteiger partial charge on any atom is -0.496 e. The van der Waals surface area contributed by atoms with E-state index in [4.69, 9.17) is 10.1 Å². The quantitative estimate of drug-likeness (QED) is 0.406. The zero-order valence-electron chi connectivity index (χ0n) is 18.4. The van der Waals surface area contributed by atoms with Gasteiger partial charge in [-0.1, -0.05) is 12.1 Å². The van der Waals surface area contributed by atoms with Crippen LogP contribution in [0.4, 0.5) is 5.69 Å². The molecule has 170 valence electrons. The highest BCUT2D eigenvalue weighted by molar-refractivity contribution is 6.00. The number of hydrogen-bond donors (Lipinski definition) is 1. The summed E-state index contributed by atoms with van der Waals surface area (Å²) in [6.45, 7) is 0.176. The van der Waals surface area contributed by atoms with Crippen LogP contribution in [0.5, 0.6) is 5.75 Å². The van der Waals surface area contributed by atoms with Crippen molar-refractivity contribution in [2.75, 3.05) is 7.11 Å². The predicted octanol–water partition coefficient (Wildman–Crippen LogP) is 3.87. The van der Waals surface area contributed by atoms with Crippen LogP contribution in [0.15, 0.2) is 42.2 Å². The highest BCUT2D eigenvalue weighted by Crippen LogP contribution is 2.55. The molecule has 0 radical (unpaired) electrons. The van der Waals surface area contributed by atoms with Gasteiger partial charge in [-0.3, -0.25) is 14.8 Å². The van der Waals surface area contributed by atoms with Crippen molar-refractivity contribution in [2.45, 2.75) is 31.7 Å². The Morgan fingerprint density at radius 3 is 2.74 bits per heavy atom. The summed E-state index contributed by atoms with van der Waals surface area (Å²) in [6.07, 6.45) is 6.83. The molecule has 1 fully saturated rings. The molecule has 1 N–H and O–H groups in total. The number of nitro groups is 1. The second-order valence-electron chi connectivity index (χ2n) is 8.45. The highest BCUT2D eigenvalue weighted by Gasteiger charge is 2.57. The topological polar surface area (TPSA) is 165 Å². The molecule has 0 spiro atoms. The van der Waals surface area contributed by atoms with Gasteiger partial charge in [0, 0.05) is 11.5 Å². The van der Waals surface area contributed by atoms with Crippen LogP contribution in [0.3, 0.4) is 0 Å². The van der Waals surface area contributed by atoms with Gasteiger partial charge in [-0.15, -0.1) is 0 Å². The minimum absolute atomic E-state index is 0.136. The van der Waals surface area contributed by atoms with E-state index in [2.05, 4.69) is 23.3 Å². The molecule has 3 atom stereocenters. The zero-order valence-corrected chi connectivity index (χ0v) is 18.4. The lowest BCUT2D eigenvalue weighted by Crippen LogP contribution is -2.48. The van der Waals surface area contributed by atoms with Crippen molar-refractivity contribution in [3.8, 4) is 24.0 Å². The van der Waals surface area contributed by atoms with Crippen LogP contribution in [0.1, 0.15) is 36.3 Å². The van der Waals surface area contributed by atoms with Crippen LogP contribution in [0, 0.1) is 66.8 Å². The van der Waals surface area contributed by atoms with Gasteiger partial charge in [0.1, 0.15) is 24.1 Å². The van der Waals surface area contributed by atoms with Gasteiger partial charge < -0.3 is 10.1 Å². The van der Waals surface area contributed by atoms with Crippen molar-refractivity contribution in [2.24, 2.45) is 17.3 Å². The molecule has 10 nitrogen and oxygen atoms in total. The predicted molar refractivity (Wildman–Crippen MR) is 120 cm³/mol. The summed E-state index contributed by atoms with van der Waals surface area (Å²) in [5.74, 6) is -1.22. The summed E-state index contributed by atoms with van der Waals surface area (Å²) in [7, 11) is 1.51. The van der Waals surface area contributed by atoms with Crippen LogP contribution in [-0.4, -0.2) is 27.5 Å². The first-order valence-corrected chi connectivity index (χ1v) is 10.7. The van der Waals surface area contributed by atoms with E-state index in [0.29, 0.717) is 23.3 Å². The average Bonchev–Trinajstić information content (AvgIpc) is 3.32. The molecule has 0 amide bonds. The van der Waals surface area contributed by atoms with Crippen molar-refractivity contribution in [3.05, 3.63) is 63.5 Å². The molecule has 1 saturated carbocycles. The van der Waals surface area contributed by atoms with Crippen molar-refractivity contribution < 1.29 is 9.66 Å². The third-order valence-electron chi connectivity index (χ3n) is 6.75. The van der Waals surface area contributed by atoms with E-state index in [9.17, 15) is 25.9 Å². The molecular weight excluding hydrogens is 434 g/mol. The van der Waals surface area contributed by atoms with Crippen molar-refractivity contribution in [3.63, 3.8) is 0 Å². The molecular formula is C24H21N7O3. The van der Waals surface area contributed by atoms with Gasteiger partial charge in [-0.05, 0) is 48.4 Å². The van der Waals surface area contributed by atoms with Crippen LogP contribution in [0.25, 0.3) is 0 Å². The molecule has 1 aromatic carbocycles. The van der Waals surface area contributed by atoms with E-state index in [-0.39, 0.29) is 23.9 Å². The first-order valence-electron chi connectivity index (χ1n) is 10.7. The Bertz CT molecular complexity index is 1310. The maximum atomic E-state index is 11.0. The Morgan fingerprint density at radius 1 is 1.35 bits per heavy atom. The SMILES string of the molecule is COc1ccc([C@@H]2[C@H]3CCCC=C3[C@@H](C#N)C(=N)C2(C#N)C#N)cc1Cn1cc([N+](=O)[O-])cn1. The first kappa shape index (κ1) is 22.7. The number of nitriles is 3. The summed E-state index contributed by atoms with van der Waals surface area (Å²) in [5, 5.41) is 53.9. The number of aromatic nitrogens is 2. The number of ether oxygens (including phenoxy) is 1. The van der Waals surface area contributed by atoms with Crippen LogP contribution in [0.2, 0.25) is 0 Å². The fourth-order valence-electron chi connectivity index (χ4n) is 5.21. The molecule has 2 aromatic rings. The standard InChI is InChI=1S/C24H21N7O3/c1-34-21-7-6-15(8-16(21)11-30-12-17(10-29-30)31(32)33)22-19-5-3-2-4-18(19)20(9-25)23(28)24(22,13-26)14-27/h4,6-8,10,12,19-20,22,28H,2-3,5,11H2,1H3/t19-,20+,22+/m0/s1. The minimum atomic E-state index is -1.78. The van der Waals surface area contributed by atoms with E-state index in [1.807, 2.05) is 12.1 Å². The molecule has 4 rings (SSSR count).